The van der Waals surface area contributed by atoms with Crippen molar-refractivity contribution in [3.8, 4) is 0 Å². The second-order valence-electron chi connectivity index (χ2n) is 7.59. The molecule has 1 aliphatic carbocycles. The maximum atomic E-state index is 5.54. The highest BCUT2D eigenvalue weighted by molar-refractivity contribution is 9.11. The summed E-state index contributed by atoms with van der Waals surface area (Å²) in [5.41, 5.74) is 0.918. The summed E-state index contributed by atoms with van der Waals surface area (Å²) in [6.07, 6.45) is 4.22. The number of aromatic nitrogens is 2. The second kappa shape index (κ2) is 10.6. The van der Waals surface area contributed by atoms with E-state index < -0.39 is 0 Å². The van der Waals surface area contributed by atoms with E-state index in [4.69, 9.17) is 12.2 Å². The van der Waals surface area contributed by atoms with Gasteiger partial charge in [-0.15, -0.1) is 0 Å². The topological polar surface area (TPSA) is 65.1 Å². The standard InChI is InChI=1S/C20H25Br3N6S/c1-11-24-17(10-18(25-11)29(2)3)26-13-4-6-14(7-5-13)27-20(30)28-19-15(22)8-12(21)9-16(19)23/h8-10,13-14H,4-7H2,1-3H3,(H,24,25,26)(H2,27,28,30)/t13-,14+. The molecule has 0 spiro atoms. The molecule has 0 radical (unpaired) electrons. The van der Waals surface area contributed by atoms with Crippen molar-refractivity contribution in [2.24, 2.45) is 0 Å². The van der Waals surface area contributed by atoms with E-state index in [0.29, 0.717) is 17.2 Å². The molecule has 0 amide bonds. The van der Waals surface area contributed by atoms with E-state index in [1.54, 1.807) is 0 Å². The second-order valence-corrected chi connectivity index (χ2v) is 10.6. The molecule has 1 fully saturated rings. The van der Waals surface area contributed by atoms with Gasteiger partial charge in [0.25, 0.3) is 0 Å². The number of halogens is 3. The molecule has 1 saturated carbocycles. The van der Waals surface area contributed by atoms with Gasteiger partial charge in [0.05, 0.1) is 5.69 Å². The summed E-state index contributed by atoms with van der Waals surface area (Å²) in [6.45, 7) is 1.93. The van der Waals surface area contributed by atoms with E-state index in [-0.39, 0.29) is 0 Å². The minimum atomic E-state index is 0.362. The number of aryl methyl sites for hydroxylation is 1. The molecule has 3 rings (SSSR count). The first-order chi connectivity index (χ1) is 14.2. The molecule has 0 aliphatic heterocycles. The van der Waals surface area contributed by atoms with Crippen molar-refractivity contribution in [2.45, 2.75) is 44.7 Å². The van der Waals surface area contributed by atoms with Crippen molar-refractivity contribution in [3.63, 3.8) is 0 Å². The van der Waals surface area contributed by atoms with Gasteiger partial charge in [0, 0.05) is 45.7 Å². The Bertz CT molecular complexity index is 892. The Hall–Kier alpha value is -0.970. The molecule has 162 valence electrons. The van der Waals surface area contributed by atoms with Gasteiger partial charge in [-0.3, -0.25) is 0 Å². The number of hydrogen-bond donors (Lipinski definition) is 3. The number of thiocarbonyl (C=S) groups is 1. The molecule has 0 unspecified atom stereocenters. The fourth-order valence-electron chi connectivity index (χ4n) is 3.44. The maximum Gasteiger partial charge on any atom is 0.171 e. The summed E-state index contributed by atoms with van der Waals surface area (Å²) in [6, 6.07) is 6.75. The zero-order valence-corrected chi connectivity index (χ0v) is 22.7. The van der Waals surface area contributed by atoms with E-state index in [1.807, 2.05) is 44.1 Å². The first kappa shape index (κ1) is 23.7. The van der Waals surface area contributed by atoms with Gasteiger partial charge in [-0.25, -0.2) is 9.97 Å². The van der Waals surface area contributed by atoms with Gasteiger partial charge in [0.2, 0.25) is 0 Å². The smallest absolute Gasteiger partial charge is 0.171 e. The van der Waals surface area contributed by atoms with Crippen LogP contribution in [0.1, 0.15) is 31.5 Å². The minimum Gasteiger partial charge on any atom is -0.367 e. The number of anilines is 3. The molecule has 3 N–H and O–H groups in total. The lowest BCUT2D eigenvalue weighted by molar-refractivity contribution is 0.388. The number of nitrogens with one attached hydrogen (secondary N) is 3. The summed E-state index contributed by atoms with van der Waals surface area (Å²) >= 11 is 16.2. The highest BCUT2D eigenvalue weighted by Crippen LogP contribution is 2.34. The monoisotopic (exact) mass is 618 g/mol. The van der Waals surface area contributed by atoms with E-state index >= 15 is 0 Å². The van der Waals surface area contributed by atoms with Crippen LogP contribution in [-0.2, 0) is 0 Å². The Kier molecular flexibility index (Phi) is 8.34. The van der Waals surface area contributed by atoms with Crippen LogP contribution in [0.25, 0.3) is 0 Å². The van der Waals surface area contributed by atoms with Crippen LogP contribution in [-0.4, -0.2) is 41.3 Å². The van der Waals surface area contributed by atoms with Gasteiger partial charge in [-0.1, -0.05) is 15.9 Å². The molecule has 10 heteroatoms. The van der Waals surface area contributed by atoms with Gasteiger partial charge >= 0.3 is 0 Å². The quantitative estimate of drug-likeness (QED) is 0.363. The van der Waals surface area contributed by atoms with Gasteiger partial charge in [0.1, 0.15) is 17.5 Å². The van der Waals surface area contributed by atoms with Crippen molar-refractivity contribution in [1.82, 2.24) is 15.3 Å². The third-order valence-corrected chi connectivity index (χ3v) is 6.87. The van der Waals surface area contributed by atoms with Crippen molar-refractivity contribution < 1.29 is 0 Å². The van der Waals surface area contributed by atoms with Gasteiger partial charge in [-0.2, -0.15) is 0 Å². The normalized spacial score (nSPS) is 18.6. The van der Waals surface area contributed by atoms with Gasteiger partial charge in [0.15, 0.2) is 5.11 Å². The Morgan fingerprint density at radius 1 is 1.00 bits per heavy atom. The molecule has 1 aliphatic rings. The molecule has 6 nitrogen and oxygen atoms in total. The predicted molar refractivity (Wildman–Crippen MR) is 140 cm³/mol. The van der Waals surface area contributed by atoms with Crippen LogP contribution in [0.5, 0.6) is 0 Å². The zero-order valence-electron chi connectivity index (χ0n) is 17.1. The summed E-state index contributed by atoms with van der Waals surface area (Å²) in [7, 11) is 3.98. The first-order valence-electron chi connectivity index (χ1n) is 9.73. The molecule has 1 heterocycles. The van der Waals surface area contributed by atoms with E-state index in [1.165, 1.54) is 0 Å². The Morgan fingerprint density at radius 3 is 2.20 bits per heavy atom. The predicted octanol–water partition coefficient (Wildman–Crippen LogP) is 5.85. The molecule has 30 heavy (non-hydrogen) atoms. The molecular formula is C20H25Br3N6S. The van der Waals surface area contributed by atoms with Crippen LogP contribution >= 0.6 is 60.0 Å². The number of nitrogens with zero attached hydrogens (tertiary/aromatic N) is 3. The van der Waals surface area contributed by atoms with Crippen LogP contribution in [0, 0.1) is 6.92 Å². The van der Waals surface area contributed by atoms with Crippen molar-refractivity contribution in [2.75, 3.05) is 29.6 Å². The van der Waals surface area contributed by atoms with Gasteiger partial charge in [-0.05, 0) is 88.8 Å². The number of benzene rings is 1. The molecule has 0 atom stereocenters. The highest BCUT2D eigenvalue weighted by Gasteiger charge is 2.22. The third-order valence-electron chi connectivity index (χ3n) is 4.94. The molecule has 2 aromatic rings. The van der Waals surface area contributed by atoms with Crippen LogP contribution < -0.4 is 20.9 Å². The van der Waals surface area contributed by atoms with Crippen LogP contribution in [0.4, 0.5) is 17.3 Å². The lowest BCUT2D eigenvalue weighted by atomic mass is 9.91. The Labute approximate surface area is 208 Å². The molecule has 0 bridgehead atoms. The summed E-state index contributed by atoms with van der Waals surface area (Å²) in [5, 5.41) is 11.0. The fraction of sp³-hybridized carbons (Fsp3) is 0.450. The van der Waals surface area contributed by atoms with Crippen LogP contribution in [0.3, 0.4) is 0 Å². The molecular weight excluding hydrogens is 596 g/mol. The highest BCUT2D eigenvalue weighted by atomic mass is 79.9. The minimum absolute atomic E-state index is 0.362. The molecule has 1 aromatic carbocycles. The number of hydrogen-bond acceptors (Lipinski definition) is 5. The lowest BCUT2D eigenvalue weighted by Crippen LogP contribution is -2.42. The number of rotatable bonds is 5. The van der Waals surface area contributed by atoms with Crippen LogP contribution in [0.15, 0.2) is 31.6 Å². The van der Waals surface area contributed by atoms with E-state index in [2.05, 4.69) is 73.7 Å². The third kappa shape index (κ3) is 6.51. The molecule has 1 aromatic heterocycles. The lowest BCUT2D eigenvalue weighted by Gasteiger charge is -2.31. The van der Waals surface area contributed by atoms with Crippen molar-refractivity contribution in [1.29, 1.82) is 0 Å². The van der Waals surface area contributed by atoms with Crippen molar-refractivity contribution in [3.05, 3.63) is 37.4 Å². The summed E-state index contributed by atoms with van der Waals surface area (Å²) in [5.74, 6) is 2.59. The van der Waals surface area contributed by atoms with Crippen molar-refractivity contribution >= 4 is 82.4 Å². The Morgan fingerprint density at radius 2 is 1.60 bits per heavy atom. The fourth-order valence-corrected chi connectivity index (χ4v) is 6.17. The van der Waals surface area contributed by atoms with Gasteiger partial charge < -0.3 is 20.9 Å². The SMILES string of the molecule is Cc1nc(N[C@H]2CC[C@@H](NC(=S)Nc3c(Br)cc(Br)cc3Br)CC2)cc(N(C)C)n1. The van der Waals surface area contributed by atoms with E-state index in [9.17, 15) is 0 Å². The summed E-state index contributed by atoms with van der Waals surface area (Å²) in [4.78, 5) is 11.0. The largest absolute Gasteiger partial charge is 0.367 e. The Balaban J connectivity index is 1.51. The zero-order chi connectivity index (χ0) is 21.8. The summed E-state index contributed by atoms with van der Waals surface area (Å²) < 4.78 is 2.88. The average Bonchev–Trinajstić information content (AvgIpc) is 2.66. The maximum absolute atomic E-state index is 5.54. The molecule has 0 saturated heterocycles. The van der Waals surface area contributed by atoms with E-state index in [0.717, 1.165) is 62.2 Å². The van der Waals surface area contributed by atoms with Crippen LogP contribution in [0.2, 0.25) is 0 Å². The first-order valence-corrected chi connectivity index (χ1v) is 12.5. The average molecular weight is 621 g/mol.